The maximum atomic E-state index is 13.0. The maximum absolute atomic E-state index is 13.0. The Morgan fingerprint density at radius 3 is 2.25 bits per heavy atom. The van der Waals surface area contributed by atoms with E-state index in [0.717, 1.165) is 24.4 Å². The van der Waals surface area contributed by atoms with Crippen LogP contribution in [0.5, 0.6) is 0 Å². The van der Waals surface area contributed by atoms with Gasteiger partial charge in [0.25, 0.3) is 5.91 Å². The molecule has 2 rings (SSSR count). The topological polar surface area (TPSA) is 35.6 Å². The van der Waals surface area contributed by atoms with E-state index < -0.39 is 18.3 Å². The molecule has 0 bridgehead atoms. The van der Waals surface area contributed by atoms with Gasteiger partial charge in [0.05, 0.1) is 0 Å². The second kappa shape index (κ2) is 6.91. The molecule has 20 heavy (non-hydrogen) atoms. The minimum Gasteiger partial charge on any atom is -0.335 e. The number of rotatable bonds is 3. The first kappa shape index (κ1) is 17.5. The van der Waals surface area contributed by atoms with Gasteiger partial charge < -0.3 is 10.2 Å². The molecule has 0 radical (unpaired) electrons. The molecule has 1 unspecified atom stereocenters. The van der Waals surface area contributed by atoms with Crippen molar-refractivity contribution in [3.63, 3.8) is 0 Å². The first-order valence-electron chi connectivity index (χ1n) is 6.33. The number of carbonyl (C=O) groups excluding carboxylic acids is 1. The van der Waals surface area contributed by atoms with Crippen LogP contribution < -0.4 is 5.32 Å². The molecule has 1 N–H and O–H groups in total. The van der Waals surface area contributed by atoms with Crippen LogP contribution in [0.15, 0.2) is 0 Å². The summed E-state index contributed by atoms with van der Waals surface area (Å²) in [6.45, 7) is 2.85. The van der Waals surface area contributed by atoms with Gasteiger partial charge in [-0.3, -0.25) is 9.69 Å². The lowest BCUT2D eigenvalue weighted by Gasteiger charge is -2.38. The molecule has 118 valence electrons. The summed E-state index contributed by atoms with van der Waals surface area (Å²) in [5.41, 5.74) is 0. The highest BCUT2D eigenvalue weighted by molar-refractivity contribution is 5.85. The molecule has 1 atom stereocenters. The predicted octanol–water partition coefficient (Wildman–Crippen LogP) is 0.815. The van der Waals surface area contributed by atoms with Crippen LogP contribution >= 0.6 is 12.4 Å². The first-order chi connectivity index (χ1) is 8.93. The summed E-state index contributed by atoms with van der Waals surface area (Å²) in [5, 5.41) is 3.20. The molecule has 2 heterocycles. The Bertz CT molecular complexity index is 332. The average Bonchev–Trinajstić information content (AvgIpc) is 2.91. The molecule has 9 heteroatoms. The Hall–Kier alpha value is -0.600. The monoisotopic (exact) mass is 319 g/mol. The molecule has 2 aliphatic heterocycles. The third kappa shape index (κ3) is 3.53. The number of piperazine rings is 1. The minimum absolute atomic E-state index is 0. The zero-order valence-electron chi connectivity index (χ0n) is 10.8. The number of nitrogens with zero attached hydrogens (tertiary/aromatic N) is 2. The van der Waals surface area contributed by atoms with Crippen molar-refractivity contribution in [3.8, 4) is 0 Å². The largest absolute Gasteiger partial charge is 0.383 e. The van der Waals surface area contributed by atoms with Crippen molar-refractivity contribution in [2.75, 3.05) is 39.3 Å². The number of hydrogen-bond donors (Lipinski definition) is 1. The number of amides is 1. The fourth-order valence-electron chi connectivity index (χ4n) is 2.55. The van der Waals surface area contributed by atoms with Crippen molar-refractivity contribution < 1.29 is 22.4 Å². The van der Waals surface area contributed by atoms with E-state index in [0.29, 0.717) is 19.1 Å². The minimum atomic E-state index is -4.57. The van der Waals surface area contributed by atoms with E-state index in [2.05, 4.69) is 10.2 Å². The van der Waals surface area contributed by atoms with Crippen molar-refractivity contribution in [1.29, 1.82) is 0 Å². The third-order valence-electron chi connectivity index (χ3n) is 3.71. The molecule has 0 saturated carbocycles. The van der Waals surface area contributed by atoms with Gasteiger partial charge in [-0.1, -0.05) is 0 Å². The Morgan fingerprint density at radius 1 is 1.20 bits per heavy atom. The van der Waals surface area contributed by atoms with Crippen molar-refractivity contribution in [1.82, 2.24) is 15.1 Å². The molecule has 1 amide bonds. The SMILES string of the molecule is Cl.O=C(N1CCN(C2CCNC2)CC1)C(F)(F)C(F)F. The van der Waals surface area contributed by atoms with Gasteiger partial charge in [-0.05, 0) is 13.0 Å². The highest BCUT2D eigenvalue weighted by Crippen LogP contribution is 2.26. The van der Waals surface area contributed by atoms with Crippen LogP contribution in [0.4, 0.5) is 17.6 Å². The van der Waals surface area contributed by atoms with Gasteiger partial charge in [-0.25, -0.2) is 8.78 Å². The van der Waals surface area contributed by atoms with Gasteiger partial charge in [0.15, 0.2) is 0 Å². The average molecular weight is 320 g/mol. The van der Waals surface area contributed by atoms with E-state index in [9.17, 15) is 22.4 Å². The molecule has 0 aromatic heterocycles. The van der Waals surface area contributed by atoms with Crippen molar-refractivity contribution >= 4 is 18.3 Å². The number of nitrogens with one attached hydrogen (secondary N) is 1. The van der Waals surface area contributed by atoms with Crippen LogP contribution in [-0.4, -0.2) is 73.4 Å². The fraction of sp³-hybridized carbons (Fsp3) is 0.909. The molecule has 2 saturated heterocycles. The van der Waals surface area contributed by atoms with E-state index in [4.69, 9.17) is 0 Å². The van der Waals surface area contributed by atoms with Crippen LogP contribution in [0.1, 0.15) is 6.42 Å². The number of carbonyl (C=O) groups is 1. The lowest BCUT2D eigenvalue weighted by atomic mass is 10.1. The molecule has 0 aromatic carbocycles. The summed E-state index contributed by atoms with van der Waals surface area (Å²) >= 11 is 0. The van der Waals surface area contributed by atoms with E-state index in [1.165, 1.54) is 0 Å². The summed E-state index contributed by atoms with van der Waals surface area (Å²) < 4.78 is 50.2. The molecule has 2 fully saturated rings. The predicted molar refractivity (Wildman–Crippen MR) is 67.6 cm³/mol. The van der Waals surface area contributed by atoms with Crippen molar-refractivity contribution in [3.05, 3.63) is 0 Å². The lowest BCUT2D eigenvalue weighted by molar-refractivity contribution is -0.182. The van der Waals surface area contributed by atoms with E-state index >= 15 is 0 Å². The summed E-state index contributed by atoms with van der Waals surface area (Å²) in [7, 11) is 0. The summed E-state index contributed by atoms with van der Waals surface area (Å²) in [6.07, 6.45) is -2.96. The van der Waals surface area contributed by atoms with Crippen LogP contribution in [0, 0.1) is 0 Å². The molecular weight excluding hydrogens is 302 g/mol. The smallest absolute Gasteiger partial charge is 0.335 e. The van der Waals surface area contributed by atoms with Crippen molar-refractivity contribution in [2.24, 2.45) is 0 Å². The Kier molecular flexibility index (Phi) is 6.03. The second-order valence-corrected chi connectivity index (χ2v) is 4.90. The molecule has 0 spiro atoms. The molecule has 0 aliphatic carbocycles. The zero-order chi connectivity index (χ0) is 14.0. The zero-order valence-corrected chi connectivity index (χ0v) is 11.6. The van der Waals surface area contributed by atoms with Crippen LogP contribution in [0.25, 0.3) is 0 Å². The lowest BCUT2D eigenvalue weighted by Crippen LogP contribution is -2.57. The van der Waals surface area contributed by atoms with Crippen LogP contribution in [0.2, 0.25) is 0 Å². The van der Waals surface area contributed by atoms with Gasteiger partial charge >= 0.3 is 12.3 Å². The Morgan fingerprint density at radius 2 is 1.80 bits per heavy atom. The highest BCUT2D eigenvalue weighted by atomic mass is 35.5. The van der Waals surface area contributed by atoms with Crippen molar-refractivity contribution in [2.45, 2.75) is 24.8 Å². The molecule has 2 aliphatic rings. The maximum Gasteiger partial charge on any atom is 0.383 e. The van der Waals surface area contributed by atoms with E-state index in [1.807, 2.05) is 0 Å². The number of halogens is 5. The van der Waals surface area contributed by atoms with Gasteiger partial charge in [0, 0.05) is 38.8 Å². The van der Waals surface area contributed by atoms with Gasteiger partial charge in [0.2, 0.25) is 0 Å². The number of hydrogen-bond acceptors (Lipinski definition) is 3. The summed E-state index contributed by atoms with van der Waals surface area (Å²) in [5.74, 6) is -6.33. The normalized spacial score (nSPS) is 24.9. The van der Waals surface area contributed by atoms with Gasteiger partial charge in [0.1, 0.15) is 0 Å². The van der Waals surface area contributed by atoms with Crippen LogP contribution in [-0.2, 0) is 4.79 Å². The summed E-state index contributed by atoms with van der Waals surface area (Å²) in [6, 6.07) is 0.355. The first-order valence-corrected chi connectivity index (χ1v) is 6.33. The van der Waals surface area contributed by atoms with E-state index in [-0.39, 0.29) is 25.5 Å². The molecule has 4 nitrogen and oxygen atoms in total. The van der Waals surface area contributed by atoms with E-state index in [1.54, 1.807) is 0 Å². The quantitative estimate of drug-likeness (QED) is 0.782. The highest BCUT2D eigenvalue weighted by Gasteiger charge is 2.51. The summed E-state index contributed by atoms with van der Waals surface area (Å²) in [4.78, 5) is 14.3. The Balaban J connectivity index is 0.00000200. The van der Waals surface area contributed by atoms with Gasteiger partial charge in [-0.15, -0.1) is 12.4 Å². The van der Waals surface area contributed by atoms with Gasteiger partial charge in [-0.2, -0.15) is 8.78 Å². The molecular formula is C11H18ClF4N3O. The number of alkyl halides is 4. The standard InChI is InChI=1S/C11H17F4N3O.ClH/c12-9(13)11(14,15)10(19)18-5-3-17(4-6-18)8-1-2-16-7-8;/h8-9,16H,1-7H2;1H. The fourth-order valence-corrected chi connectivity index (χ4v) is 2.55. The Labute approximate surface area is 120 Å². The molecule has 0 aromatic rings. The third-order valence-corrected chi connectivity index (χ3v) is 3.71. The van der Waals surface area contributed by atoms with Crippen LogP contribution in [0.3, 0.4) is 0 Å². The second-order valence-electron chi connectivity index (χ2n) is 4.90.